The van der Waals surface area contributed by atoms with Crippen LogP contribution in [0.2, 0.25) is 0 Å². The lowest BCUT2D eigenvalue weighted by molar-refractivity contribution is -0.271. The van der Waals surface area contributed by atoms with E-state index in [2.05, 4.69) is 62.3 Å². The van der Waals surface area contributed by atoms with Crippen molar-refractivity contribution in [3.63, 3.8) is 0 Å². The molecule has 350 valence electrons. The summed E-state index contributed by atoms with van der Waals surface area (Å²) in [5.74, 6) is -0.788. The van der Waals surface area contributed by atoms with E-state index in [9.17, 15) is 9.59 Å². The smallest absolute Gasteiger partial charge is 0.410 e. The standard InChI is InChI=1S/C54H75NO9/c1-34(2)37(6)54(47(58)61-29-39-19-15-13-16-20-39)36(5)25-26-50(9)41-23-24-44-49(8)31-60-33-53(44,42(41)27-45(57)52(50,54)11)28-43(64-38(7)56)46(49)63-32-51(10,35(3)4)55(12)48(59)62-30-40-21-17-14-18-22-40/h13-22,27,34-37,41,43-44,46H,23-26,28-33H2,1-12H3/t36?,37-,41+,43-,44+,46+,49-,50-,51-,52-,53+,54-/m1/s1. The Morgan fingerprint density at radius 1 is 0.875 bits per heavy atom. The Labute approximate surface area is 382 Å². The minimum absolute atomic E-state index is 0.0132. The highest BCUT2D eigenvalue weighted by molar-refractivity contribution is 6.02. The van der Waals surface area contributed by atoms with Crippen molar-refractivity contribution in [1.29, 1.82) is 0 Å². The van der Waals surface area contributed by atoms with Crippen molar-refractivity contribution in [3.05, 3.63) is 83.4 Å². The highest BCUT2D eigenvalue weighted by atomic mass is 16.6. The van der Waals surface area contributed by atoms with Gasteiger partial charge in [0.15, 0.2) is 5.78 Å². The van der Waals surface area contributed by atoms with Crippen molar-refractivity contribution in [2.75, 3.05) is 26.9 Å². The summed E-state index contributed by atoms with van der Waals surface area (Å²) in [6.07, 6.45) is 4.03. The molecule has 0 N–H and O–H groups in total. The third-order valence-corrected chi connectivity index (χ3v) is 18.5. The van der Waals surface area contributed by atoms with Gasteiger partial charge in [-0.15, -0.1) is 0 Å². The molecule has 2 aromatic rings. The lowest BCUT2D eigenvalue weighted by Crippen LogP contribution is -2.73. The number of esters is 2. The number of amides is 1. The lowest BCUT2D eigenvalue weighted by Gasteiger charge is -2.71. The molecule has 10 nitrogen and oxygen atoms in total. The van der Waals surface area contributed by atoms with Crippen LogP contribution >= 0.6 is 0 Å². The molecule has 7 rings (SSSR count). The average molecular weight is 882 g/mol. The van der Waals surface area contributed by atoms with Crippen LogP contribution in [-0.4, -0.2) is 73.3 Å². The third-order valence-electron chi connectivity index (χ3n) is 18.5. The molecule has 1 saturated heterocycles. The Morgan fingerprint density at radius 3 is 2.06 bits per heavy atom. The summed E-state index contributed by atoms with van der Waals surface area (Å²) in [4.78, 5) is 59.3. The van der Waals surface area contributed by atoms with Crippen LogP contribution in [0.5, 0.6) is 0 Å². The summed E-state index contributed by atoms with van der Waals surface area (Å²) in [5, 5.41) is 0. The van der Waals surface area contributed by atoms with Crippen LogP contribution in [0.25, 0.3) is 0 Å². The predicted molar refractivity (Wildman–Crippen MR) is 245 cm³/mol. The van der Waals surface area contributed by atoms with Gasteiger partial charge in [-0.05, 0) is 97.2 Å². The molecular weight excluding hydrogens is 807 g/mol. The van der Waals surface area contributed by atoms with Gasteiger partial charge in [-0.1, -0.05) is 129 Å². The van der Waals surface area contributed by atoms with E-state index in [0.717, 1.165) is 42.4 Å². The minimum atomic E-state index is -1.08. The van der Waals surface area contributed by atoms with E-state index >= 15 is 9.59 Å². The van der Waals surface area contributed by atoms with Crippen LogP contribution in [0.1, 0.15) is 119 Å². The molecule has 4 fully saturated rings. The van der Waals surface area contributed by atoms with Gasteiger partial charge in [-0.2, -0.15) is 0 Å². The molecule has 1 unspecified atom stereocenters. The van der Waals surface area contributed by atoms with Crippen LogP contribution in [0.15, 0.2) is 72.3 Å². The fraction of sp³-hybridized carbons (Fsp3) is 0.667. The number of allylic oxidation sites excluding steroid dienone is 1. The number of benzene rings is 2. The largest absolute Gasteiger partial charge is 0.460 e. The van der Waals surface area contributed by atoms with E-state index in [0.29, 0.717) is 19.6 Å². The summed E-state index contributed by atoms with van der Waals surface area (Å²) >= 11 is 0. The number of rotatable bonds is 13. The first-order valence-electron chi connectivity index (χ1n) is 23.9. The van der Waals surface area contributed by atoms with Gasteiger partial charge in [-0.25, -0.2) is 4.79 Å². The zero-order valence-corrected chi connectivity index (χ0v) is 40.7. The van der Waals surface area contributed by atoms with Gasteiger partial charge in [0.05, 0.1) is 36.2 Å². The van der Waals surface area contributed by atoms with Gasteiger partial charge in [0, 0.05) is 24.8 Å². The van der Waals surface area contributed by atoms with Crippen LogP contribution in [0.3, 0.4) is 0 Å². The highest BCUT2D eigenvalue weighted by Gasteiger charge is 2.77. The Hall–Kier alpha value is -4.02. The first-order valence-corrected chi connectivity index (χ1v) is 23.9. The molecule has 0 radical (unpaired) electrons. The zero-order chi connectivity index (χ0) is 46.6. The second-order valence-electron chi connectivity index (χ2n) is 21.9. The van der Waals surface area contributed by atoms with Crippen molar-refractivity contribution < 1.29 is 42.9 Å². The fourth-order valence-electron chi connectivity index (χ4n) is 14.1. The first-order chi connectivity index (χ1) is 30.1. The summed E-state index contributed by atoms with van der Waals surface area (Å²) in [6, 6.07) is 19.4. The van der Waals surface area contributed by atoms with Gasteiger partial charge in [-0.3, -0.25) is 14.4 Å². The average Bonchev–Trinajstić information content (AvgIpc) is 3.25. The molecule has 2 bridgehead atoms. The van der Waals surface area contributed by atoms with Gasteiger partial charge in [0.25, 0.3) is 0 Å². The molecule has 1 heterocycles. The normalized spacial score (nSPS) is 35.8. The molecule has 3 saturated carbocycles. The van der Waals surface area contributed by atoms with Gasteiger partial charge in [0.1, 0.15) is 25.4 Å². The van der Waals surface area contributed by atoms with E-state index in [1.54, 1.807) is 11.9 Å². The lowest BCUT2D eigenvalue weighted by atomic mass is 9.31. The number of carbonyl (C=O) groups is 4. The van der Waals surface area contributed by atoms with E-state index in [4.69, 9.17) is 23.7 Å². The zero-order valence-electron chi connectivity index (χ0n) is 40.7. The van der Waals surface area contributed by atoms with Crippen molar-refractivity contribution in [2.24, 2.45) is 62.6 Å². The van der Waals surface area contributed by atoms with Gasteiger partial charge in [0.2, 0.25) is 0 Å². The summed E-state index contributed by atoms with van der Waals surface area (Å²) in [5.41, 5.74) is -1.79. The number of likely N-dealkylation sites (N-methyl/N-ethyl adjacent to an activating group) is 1. The number of hydrogen-bond donors (Lipinski definition) is 0. The number of ketones is 1. The van der Waals surface area contributed by atoms with E-state index in [1.807, 2.05) is 73.7 Å². The third kappa shape index (κ3) is 7.36. The maximum absolute atomic E-state index is 15.8. The van der Waals surface area contributed by atoms with Gasteiger partial charge < -0.3 is 28.6 Å². The summed E-state index contributed by atoms with van der Waals surface area (Å²) in [6.45, 7) is 24.1. The Morgan fingerprint density at radius 2 is 1.48 bits per heavy atom. The number of hydrogen-bond acceptors (Lipinski definition) is 9. The predicted octanol–water partition coefficient (Wildman–Crippen LogP) is 10.4. The molecule has 64 heavy (non-hydrogen) atoms. The van der Waals surface area contributed by atoms with Crippen molar-refractivity contribution >= 4 is 23.8 Å². The number of ether oxygens (including phenoxy) is 5. The minimum Gasteiger partial charge on any atom is -0.460 e. The van der Waals surface area contributed by atoms with Gasteiger partial charge >= 0.3 is 18.0 Å². The Kier molecular flexibility index (Phi) is 13.2. The topological polar surface area (TPSA) is 118 Å². The van der Waals surface area contributed by atoms with Crippen molar-refractivity contribution in [3.8, 4) is 0 Å². The fourth-order valence-corrected chi connectivity index (χ4v) is 14.1. The van der Waals surface area contributed by atoms with Crippen LogP contribution in [0.4, 0.5) is 4.79 Å². The Bertz CT molecular complexity index is 2090. The first kappa shape index (κ1) is 47.9. The van der Waals surface area contributed by atoms with E-state index in [-0.39, 0.29) is 67.1 Å². The molecule has 0 aromatic heterocycles. The quantitative estimate of drug-likeness (QED) is 0.143. The maximum Gasteiger partial charge on any atom is 0.410 e. The van der Waals surface area contributed by atoms with Crippen LogP contribution < -0.4 is 0 Å². The molecule has 1 aliphatic heterocycles. The molecule has 4 aliphatic carbocycles. The molecular formula is C54H75NO9. The Balaban J connectivity index is 1.24. The number of nitrogens with zero attached hydrogens (tertiary/aromatic N) is 1. The highest BCUT2D eigenvalue weighted by Crippen LogP contribution is 2.76. The second-order valence-corrected chi connectivity index (χ2v) is 21.9. The number of carbonyl (C=O) groups excluding carboxylic acids is 4. The maximum atomic E-state index is 15.8. The van der Waals surface area contributed by atoms with E-state index < -0.39 is 56.9 Å². The number of fused-ring (bicyclic) bond motifs is 3. The van der Waals surface area contributed by atoms with Crippen LogP contribution in [-0.2, 0) is 51.3 Å². The van der Waals surface area contributed by atoms with E-state index in [1.165, 1.54) is 6.92 Å². The molecule has 5 aliphatic rings. The molecule has 1 amide bonds. The van der Waals surface area contributed by atoms with Crippen molar-refractivity contribution in [1.82, 2.24) is 4.90 Å². The SMILES string of the molecule is CC(=O)O[C@@H]1C[C@@]23COC[C@](C)([C@@H]2CC[C@H]2C3=CC(=O)[C@]3(C)[C@]2(C)CCC(C)[C@]3(C(=O)OCc2ccccc2)[C@H](C)C(C)C)[C@H]1OC[C@](C)(C(C)C)N(C)C(=O)OCc1ccccc1. The molecule has 2 aromatic carbocycles. The summed E-state index contributed by atoms with van der Waals surface area (Å²) in [7, 11) is 1.76. The molecule has 12 atom stereocenters. The molecule has 10 heteroatoms. The van der Waals surface area contributed by atoms with Crippen molar-refractivity contribution in [2.45, 2.75) is 139 Å². The van der Waals surface area contributed by atoms with Crippen LogP contribution in [0, 0.1) is 62.6 Å². The second kappa shape index (κ2) is 17.7. The molecule has 0 spiro atoms. The summed E-state index contributed by atoms with van der Waals surface area (Å²) < 4.78 is 32.3. The monoisotopic (exact) mass is 882 g/mol.